The molecule has 126 valence electrons. The predicted octanol–water partition coefficient (Wildman–Crippen LogP) is 1.38. The van der Waals surface area contributed by atoms with E-state index in [0.29, 0.717) is 18.7 Å². The van der Waals surface area contributed by atoms with Crippen molar-refractivity contribution in [2.24, 2.45) is 7.05 Å². The van der Waals surface area contributed by atoms with Crippen LogP contribution in [0.5, 0.6) is 0 Å². The summed E-state index contributed by atoms with van der Waals surface area (Å²) >= 11 is 0. The number of amides is 2. The normalized spacial score (nSPS) is 13.6. The number of hydrogen-bond donors (Lipinski definition) is 3. The van der Waals surface area contributed by atoms with Gasteiger partial charge in [0.1, 0.15) is 11.4 Å². The van der Waals surface area contributed by atoms with Crippen LogP contribution in [-0.2, 0) is 19.1 Å². The lowest BCUT2D eigenvalue weighted by molar-refractivity contribution is 0.0367. The van der Waals surface area contributed by atoms with Gasteiger partial charge in [-0.1, -0.05) is 0 Å². The van der Waals surface area contributed by atoms with Gasteiger partial charge >= 0.3 is 6.03 Å². The van der Waals surface area contributed by atoms with E-state index in [-0.39, 0.29) is 12.6 Å². The predicted molar refractivity (Wildman–Crippen MR) is 86.1 cm³/mol. The van der Waals surface area contributed by atoms with E-state index >= 15 is 0 Å². The van der Waals surface area contributed by atoms with Crippen LogP contribution in [0.15, 0.2) is 22.8 Å². The lowest BCUT2D eigenvalue weighted by Gasteiger charge is -2.21. The van der Waals surface area contributed by atoms with Gasteiger partial charge in [0.2, 0.25) is 0 Å². The molecule has 23 heavy (non-hydrogen) atoms. The van der Waals surface area contributed by atoms with Crippen LogP contribution in [0.3, 0.4) is 0 Å². The summed E-state index contributed by atoms with van der Waals surface area (Å²) in [5.41, 5.74) is 1.99. The maximum absolute atomic E-state index is 11.8. The second-order valence-electron chi connectivity index (χ2n) is 5.88. The van der Waals surface area contributed by atoms with E-state index in [2.05, 4.69) is 15.7 Å². The molecular weight excluding hydrogens is 296 g/mol. The molecular formula is C16H24N4O3. The molecule has 0 aliphatic carbocycles. The van der Waals surface area contributed by atoms with E-state index in [1.807, 2.05) is 25.6 Å². The van der Waals surface area contributed by atoms with E-state index in [0.717, 1.165) is 17.0 Å². The number of carbonyl (C=O) groups is 1. The largest absolute Gasteiger partial charge is 0.466 e. The Hall–Kier alpha value is -2.28. The highest BCUT2D eigenvalue weighted by molar-refractivity contribution is 5.73. The third kappa shape index (κ3) is 4.13. The molecule has 0 bridgehead atoms. The molecule has 0 saturated carbocycles. The molecule has 1 unspecified atom stereocenters. The lowest BCUT2D eigenvalue weighted by atomic mass is 10.0. The number of aromatic nitrogens is 2. The minimum atomic E-state index is -1.24. The smallest absolute Gasteiger partial charge is 0.314 e. The average molecular weight is 320 g/mol. The average Bonchev–Trinajstić information content (AvgIpc) is 3.10. The Morgan fingerprint density at radius 1 is 1.43 bits per heavy atom. The fourth-order valence-electron chi connectivity index (χ4n) is 2.47. The molecule has 0 fully saturated rings. The van der Waals surface area contributed by atoms with E-state index in [4.69, 9.17) is 4.42 Å². The second kappa shape index (κ2) is 6.87. The number of aliphatic hydroxyl groups is 1. The summed E-state index contributed by atoms with van der Waals surface area (Å²) in [5, 5.41) is 20.0. The van der Waals surface area contributed by atoms with Crippen molar-refractivity contribution in [2.45, 2.75) is 32.8 Å². The molecule has 2 aromatic rings. The van der Waals surface area contributed by atoms with Crippen molar-refractivity contribution < 1.29 is 14.3 Å². The lowest BCUT2D eigenvalue weighted by Crippen LogP contribution is -2.43. The number of carbonyl (C=O) groups excluding carboxylic acids is 1. The second-order valence-corrected chi connectivity index (χ2v) is 5.88. The van der Waals surface area contributed by atoms with Crippen LogP contribution in [0.1, 0.15) is 29.6 Å². The van der Waals surface area contributed by atoms with Crippen molar-refractivity contribution in [2.75, 3.05) is 13.1 Å². The van der Waals surface area contributed by atoms with Crippen LogP contribution >= 0.6 is 0 Å². The van der Waals surface area contributed by atoms with Crippen molar-refractivity contribution in [3.8, 4) is 0 Å². The van der Waals surface area contributed by atoms with E-state index in [9.17, 15) is 9.90 Å². The molecule has 7 heteroatoms. The van der Waals surface area contributed by atoms with E-state index in [1.54, 1.807) is 19.1 Å². The Morgan fingerprint density at radius 3 is 2.74 bits per heavy atom. The fraction of sp³-hybridized carbons (Fsp3) is 0.500. The molecule has 2 amide bonds. The van der Waals surface area contributed by atoms with Gasteiger partial charge in [-0.05, 0) is 44.9 Å². The van der Waals surface area contributed by atoms with E-state index in [1.165, 1.54) is 6.26 Å². The zero-order chi connectivity index (χ0) is 17.0. The fourth-order valence-corrected chi connectivity index (χ4v) is 2.47. The first-order chi connectivity index (χ1) is 10.8. The highest BCUT2D eigenvalue weighted by atomic mass is 16.4. The Balaban J connectivity index is 1.77. The van der Waals surface area contributed by atoms with Gasteiger partial charge in [-0.2, -0.15) is 5.10 Å². The summed E-state index contributed by atoms with van der Waals surface area (Å²) in [6, 6.07) is 3.05. The number of hydrogen-bond acceptors (Lipinski definition) is 4. The summed E-state index contributed by atoms with van der Waals surface area (Å²) < 4.78 is 7.01. The van der Waals surface area contributed by atoms with Crippen molar-refractivity contribution >= 4 is 6.03 Å². The minimum Gasteiger partial charge on any atom is -0.466 e. The van der Waals surface area contributed by atoms with Crippen LogP contribution in [0, 0.1) is 13.8 Å². The number of urea groups is 1. The molecule has 0 spiro atoms. The van der Waals surface area contributed by atoms with Crippen molar-refractivity contribution in [3.05, 3.63) is 41.1 Å². The summed E-state index contributed by atoms with van der Waals surface area (Å²) in [5.74, 6) is 0.416. The maximum Gasteiger partial charge on any atom is 0.314 e. The van der Waals surface area contributed by atoms with Crippen molar-refractivity contribution in [1.29, 1.82) is 0 Å². The van der Waals surface area contributed by atoms with Crippen LogP contribution in [0.2, 0.25) is 0 Å². The Kier molecular flexibility index (Phi) is 5.10. The summed E-state index contributed by atoms with van der Waals surface area (Å²) in [7, 11) is 1.91. The van der Waals surface area contributed by atoms with Gasteiger partial charge in [0.15, 0.2) is 0 Å². The van der Waals surface area contributed by atoms with Gasteiger partial charge in [0.05, 0.1) is 18.5 Å². The number of nitrogens with one attached hydrogen (secondary N) is 2. The zero-order valence-electron chi connectivity index (χ0n) is 14.0. The zero-order valence-corrected chi connectivity index (χ0v) is 14.0. The SMILES string of the molecule is Cc1nn(C)c(C)c1CCNC(=O)NCC(C)(O)c1ccco1. The van der Waals surface area contributed by atoms with Gasteiger partial charge in [0.25, 0.3) is 0 Å². The number of aryl methyl sites for hydroxylation is 2. The van der Waals surface area contributed by atoms with Gasteiger partial charge in [-0.3, -0.25) is 4.68 Å². The van der Waals surface area contributed by atoms with Crippen molar-refractivity contribution in [1.82, 2.24) is 20.4 Å². The molecule has 0 radical (unpaired) electrons. The molecule has 0 aliphatic rings. The van der Waals surface area contributed by atoms with Crippen LogP contribution in [0.4, 0.5) is 4.79 Å². The van der Waals surface area contributed by atoms with E-state index < -0.39 is 5.60 Å². The first-order valence-corrected chi connectivity index (χ1v) is 7.58. The third-order valence-corrected chi connectivity index (χ3v) is 3.96. The molecule has 3 N–H and O–H groups in total. The molecule has 0 aliphatic heterocycles. The summed E-state index contributed by atoms with van der Waals surface area (Å²) in [4.78, 5) is 11.8. The third-order valence-electron chi connectivity index (χ3n) is 3.96. The van der Waals surface area contributed by atoms with Gasteiger partial charge in [0, 0.05) is 19.3 Å². The summed E-state index contributed by atoms with van der Waals surface area (Å²) in [6.45, 7) is 6.13. The molecule has 2 aromatic heterocycles. The number of rotatable bonds is 6. The number of nitrogens with zero attached hydrogens (tertiary/aromatic N) is 2. The Morgan fingerprint density at radius 2 is 2.17 bits per heavy atom. The highest BCUT2D eigenvalue weighted by Gasteiger charge is 2.26. The Bertz CT molecular complexity index is 659. The number of furan rings is 1. The molecule has 7 nitrogen and oxygen atoms in total. The summed E-state index contributed by atoms with van der Waals surface area (Å²) in [6.07, 6.45) is 2.20. The Labute approximate surface area is 135 Å². The molecule has 0 aromatic carbocycles. The van der Waals surface area contributed by atoms with Gasteiger partial charge in [-0.15, -0.1) is 0 Å². The maximum atomic E-state index is 11.8. The first-order valence-electron chi connectivity index (χ1n) is 7.58. The monoisotopic (exact) mass is 320 g/mol. The van der Waals surface area contributed by atoms with Crippen LogP contribution < -0.4 is 10.6 Å². The van der Waals surface area contributed by atoms with Gasteiger partial charge < -0.3 is 20.2 Å². The van der Waals surface area contributed by atoms with Gasteiger partial charge in [-0.25, -0.2) is 4.79 Å². The highest BCUT2D eigenvalue weighted by Crippen LogP contribution is 2.19. The standard InChI is InChI=1S/C16H24N4O3/c1-11-13(12(2)20(4)19-11)7-8-17-15(21)18-10-16(3,22)14-6-5-9-23-14/h5-6,9,22H,7-8,10H2,1-4H3,(H2,17,18,21). The molecule has 2 rings (SSSR count). The van der Waals surface area contributed by atoms with Crippen molar-refractivity contribution in [3.63, 3.8) is 0 Å². The minimum absolute atomic E-state index is 0.0668. The molecule has 2 heterocycles. The van der Waals surface area contributed by atoms with Crippen LogP contribution in [0.25, 0.3) is 0 Å². The topological polar surface area (TPSA) is 92.3 Å². The molecule has 0 saturated heterocycles. The first kappa shape index (κ1) is 17.1. The quantitative estimate of drug-likeness (QED) is 0.750. The van der Waals surface area contributed by atoms with Crippen LogP contribution in [-0.4, -0.2) is 34.0 Å². The molecule has 1 atom stereocenters.